The molecule has 0 radical (unpaired) electrons. The lowest BCUT2D eigenvalue weighted by atomic mass is 9.78. The summed E-state index contributed by atoms with van der Waals surface area (Å²) < 4.78 is 5.70. The van der Waals surface area contributed by atoms with E-state index in [1.54, 1.807) is 0 Å². The number of fused-ring (bicyclic) bond motifs is 1. The van der Waals surface area contributed by atoms with E-state index in [9.17, 15) is 0 Å². The molecule has 1 fully saturated rings. The average molecular weight is 380 g/mol. The van der Waals surface area contributed by atoms with Crippen LogP contribution in [0.3, 0.4) is 0 Å². The summed E-state index contributed by atoms with van der Waals surface area (Å²) in [7, 11) is 0. The summed E-state index contributed by atoms with van der Waals surface area (Å²) in [5.74, 6) is 1.06. The number of benzene rings is 1. The molecule has 3 heterocycles. The molecule has 0 unspecified atom stereocenters. The van der Waals surface area contributed by atoms with Gasteiger partial charge in [-0.05, 0) is 75.4 Å². The zero-order valence-corrected chi connectivity index (χ0v) is 17.7. The molecule has 1 aromatic heterocycles. The maximum atomic E-state index is 5.70. The molecule has 0 bridgehead atoms. The standard InChI is InChI=1S/C24H33N3O/c1-23(2)14-21(15-24(3,4)26-23)27(16-18-7-10-25-11-8-18)17-19-5-6-22-20(13-19)9-12-28-22/h5-8,10-11,13,21,26H,9,12,14-17H2,1-4H3. The minimum absolute atomic E-state index is 0.134. The number of hydrogen-bond acceptors (Lipinski definition) is 4. The van der Waals surface area contributed by atoms with Crippen LogP contribution in [-0.2, 0) is 19.5 Å². The van der Waals surface area contributed by atoms with Crippen LogP contribution in [0.25, 0.3) is 0 Å². The van der Waals surface area contributed by atoms with Crippen molar-refractivity contribution in [2.45, 2.75) is 77.2 Å². The molecule has 0 saturated carbocycles. The first kappa shape index (κ1) is 19.4. The Balaban J connectivity index is 1.60. The van der Waals surface area contributed by atoms with Crippen LogP contribution in [-0.4, -0.2) is 33.6 Å². The van der Waals surface area contributed by atoms with E-state index in [0.717, 1.165) is 44.7 Å². The van der Waals surface area contributed by atoms with Crippen LogP contribution in [0.5, 0.6) is 5.75 Å². The van der Waals surface area contributed by atoms with Crippen LogP contribution < -0.4 is 10.1 Å². The van der Waals surface area contributed by atoms with E-state index >= 15 is 0 Å². The molecule has 4 nitrogen and oxygen atoms in total. The molecule has 28 heavy (non-hydrogen) atoms. The average Bonchev–Trinajstić information content (AvgIpc) is 3.07. The Morgan fingerprint density at radius 1 is 1.00 bits per heavy atom. The van der Waals surface area contributed by atoms with Crippen molar-refractivity contribution in [2.75, 3.05) is 6.61 Å². The summed E-state index contributed by atoms with van der Waals surface area (Å²) in [6.07, 6.45) is 7.12. The van der Waals surface area contributed by atoms with Crippen molar-refractivity contribution < 1.29 is 4.74 Å². The van der Waals surface area contributed by atoms with E-state index < -0.39 is 0 Å². The largest absolute Gasteiger partial charge is 0.493 e. The fourth-order valence-corrected chi connectivity index (χ4v) is 5.14. The van der Waals surface area contributed by atoms with E-state index in [1.165, 1.54) is 16.7 Å². The minimum Gasteiger partial charge on any atom is -0.493 e. The summed E-state index contributed by atoms with van der Waals surface area (Å²) in [6.45, 7) is 12.1. The summed E-state index contributed by atoms with van der Waals surface area (Å²) in [4.78, 5) is 6.86. The highest BCUT2D eigenvalue weighted by Crippen LogP contribution is 2.34. The summed E-state index contributed by atoms with van der Waals surface area (Å²) in [5, 5.41) is 3.83. The summed E-state index contributed by atoms with van der Waals surface area (Å²) in [5.41, 5.74) is 4.33. The first-order chi connectivity index (χ1) is 13.3. The first-order valence-corrected chi connectivity index (χ1v) is 10.5. The molecule has 4 heteroatoms. The molecule has 1 aromatic carbocycles. The van der Waals surface area contributed by atoms with Gasteiger partial charge in [0.25, 0.3) is 0 Å². The number of hydrogen-bond donors (Lipinski definition) is 1. The lowest BCUT2D eigenvalue weighted by molar-refractivity contribution is 0.0563. The van der Waals surface area contributed by atoms with Crippen LogP contribution in [0.15, 0.2) is 42.7 Å². The summed E-state index contributed by atoms with van der Waals surface area (Å²) >= 11 is 0. The molecule has 1 N–H and O–H groups in total. The minimum atomic E-state index is 0.134. The van der Waals surface area contributed by atoms with Gasteiger partial charge in [-0.2, -0.15) is 0 Å². The van der Waals surface area contributed by atoms with E-state index in [1.807, 2.05) is 12.4 Å². The zero-order valence-electron chi connectivity index (χ0n) is 17.7. The van der Waals surface area contributed by atoms with Crippen LogP contribution in [0, 0.1) is 0 Å². The molecule has 1 saturated heterocycles. The van der Waals surface area contributed by atoms with Crippen molar-refractivity contribution in [3.05, 3.63) is 59.4 Å². The predicted octanol–water partition coefficient (Wildman–Crippen LogP) is 4.33. The molecule has 0 amide bonds. The Bertz CT molecular complexity index is 800. The van der Waals surface area contributed by atoms with Gasteiger partial charge in [-0.1, -0.05) is 12.1 Å². The molecule has 2 aliphatic rings. The third-order valence-electron chi connectivity index (χ3n) is 5.96. The van der Waals surface area contributed by atoms with Crippen molar-refractivity contribution in [2.24, 2.45) is 0 Å². The Labute approximate surface area is 169 Å². The normalized spacial score (nSPS) is 20.8. The van der Waals surface area contributed by atoms with Gasteiger partial charge >= 0.3 is 0 Å². The van der Waals surface area contributed by atoms with E-state index in [0.29, 0.717) is 6.04 Å². The van der Waals surface area contributed by atoms with Gasteiger partial charge in [-0.15, -0.1) is 0 Å². The smallest absolute Gasteiger partial charge is 0.122 e. The highest BCUT2D eigenvalue weighted by molar-refractivity contribution is 5.39. The molecule has 0 atom stereocenters. The maximum absolute atomic E-state index is 5.70. The van der Waals surface area contributed by atoms with Gasteiger partial charge in [0, 0.05) is 49.0 Å². The van der Waals surface area contributed by atoms with Gasteiger partial charge in [0.05, 0.1) is 6.61 Å². The lowest BCUT2D eigenvalue weighted by Crippen LogP contribution is -2.62. The van der Waals surface area contributed by atoms with Crippen molar-refractivity contribution in [3.63, 3.8) is 0 Å². The number of nitrogens with one attached hydrogen (secondary N) is 1. The molecular formula is C24H33N3O. The van der Waals surface area contributed by atoms with E-state index in [4.69, 9.17) is 4.74 Å². The fourth-order valence-electron chi connectivity index (χ4n) is 5.14. The second-order valence-corrected chi connectivity index (χ2v) is 9.76. The van der Waals surface area contributed by atoms with Crippen molar-refractivity contribution in [1.29, 1.82) is 0 Å². The van der Waals surface area contributed by atoms with E-state index in [2.05, 4.69) is 73.2 Å². The van der Waals surface area contributed by atoms with Crippen LogP contribution in [0.4, 0.5) is 0 Å². The second kappa shape index (κ2) is 7.49. The Morgan fingerprint density at radius 3 is 2.39 bits per heavy atom. The van der Waals surface area contributed by atoms with Crippen LogP contribution in [0.2, 0.25) is 0 Å². The van der Waals surface area contributed by atoms with Gasteiger partial charge < -0.3 is 10.1 Å². The first-order valence-electron chi connectivity index (χ1n) is 10.5. The SMILES string of the molecule is CC1(C)CC(N(Cc2ccncc2)Cc2ccc3c(c2)CCO3)CC(C)(C)N1. The van der Waals surface area contributed by atoms with Crippen LogP contribution >= 0.6 is 0 Å². The Hall–Kier alpha value is -1.91. The molecule has 2 aromatic rings. The van der Waals surface area contributed by atoms with Gasteiger partial charge in [0.2, 0.25) is 0 Å². The molecule has 4 rings (SSSR count). The van der Waals surface area contributed by atoms with Crippen molar-refractivity contribution in [1.82, 2.24) is 15.2 Å². The fraction of sp³-hybridized carbons (Fsp3) is 0.542. The number of nitrogens with zero attached hydrogens (tertiary/aromatic N) is 2. The molecule has 0 aliphatic carbocycles. The monoisotopic (exact) mass is 379 g/mol. The number of rotatable bonds is 5. The predicted molar refractivity (Wildman–Crippen MR) is 113 cm³/mol. The third-order valence-corrected chi connectivity index (χ3v) is 5.96. The number of ether oxygens (including phenoxy) is 1. The van der Waals surface area contributed by atoms with Gasteiger partial charge in [-0.25, -0.2) is 0 Å². The Morgan fingerprint density at radius 2 is 1.68 bits per heavy atom. The number of pyridine rings is 1. The quantitative estimate of drug-likeness (QED) is 0.839. The van der Waals surface area contributed by atoms with Gasteiger partial charge in [-0.3, -0.25) is 9.88 Å². The third kappa shape index (κ3) is 4.56. The molecule has 150 valence electrons. The number of piperidine rings is 1. The number of aromatic nitrogens is 1. The lowest BCUT2D eigenvalue weighted by Gasteiger charge is -2.49. The zero-order chi connectivity index (χ0) is 19.8. The van der Waals surface area contributed by atoms with Crippen molar-refractivity contribution >= 4 is 0 Å². The molecule has 0 spiro atoms. The molecule has 2 aliphatic heterocycles. The van der Waals surface area contributed by atoms with E-state index in [-0.39, 0.29) is 11.1 Å². The maximum Gasteiger partial charge on any atom is 0.122 e. The Kier molecular flexibility index (Phi) is 5.19. The highest BCUT2D eigenvalue weighted by Gasteiger charge is 2.39. The summed E-state index contributed by atoms with van der Waals surface area (Å²) in [6, 6.07) is 11.5. The topological polar surface area (TPSA) is 37.4 Å². The van der Waals surface area contributed by atoms with Gasteiger partial charge in [0.15, 0.2) is 0 Å². The second-order valence-electron chi connectivity index (χ2n) is 9.76. The van der Waals surface area contributed by atoms with Gasteiger partial charge in [0.1, 0.15) is 5.75 Å². The molecular weight excluding hydrogens is 346 g/mol. The van der Waals surface area contributed by atoms with Crippen molar-refractivity contribution in [3.8, 4) is 5.75 Å². The van der Waals surface area contributed by atoms with Crippen LogP contribution in [0.1, 0.15) is 57.2 Å². The highest BCUT2D eigenvalue weighted by atomic mass is 16.5.